The van der Waals surface area contributed by atoms with Gasteiger partial charge in [-0.05, 0) is 24.1 Å². The van der Waals surface area contributed by atoms with Gasteiger partial charge in [-0.3, -0.25) is 0 Å². The van der Waals surface area contributed by atoms with Crippen LogP contribution in [0.15, 0.2) is 60.4 Å². The first-order valence-corrected chi connectivity index (χ1v) is 8.98. The number of carboxylic acids is 1. The number of aromatic nitrogens is 1. The molecule has 0 amide bonds. The number of aryl methyl sites for hydroxylation is 1. The minimum Gasteiger partial charge on any atom is -0.490 e. The molecule has 3 rings (SSSR count). The van der Waals surface area contributed by atoms with Gasteiger partial charge < -0.3 is 9.84 Å². The number of carbonyl (C=O) groups is 1. The summed E-state index contributed by atoms with van der Waals surface area (Å²) < 4.78 is 4.86. The highest BCUT2D eigenvalue weighted by molar-refractivity contribution is 7.15. The van der Waals surface area contributed by atoms with E-state index in [0.717, 1.165) is 33.8 Å². The van der Waals surface area contributed by atoms with E-state index in [1.165, 1.54) is 18.1 Å². The summed E-state index contributed by atoms with van der Waals surface area (Å²) >= 11 is 1.71. The van der Waals surface area contributed by atoms with E-state index in [1.54, 1.807) is 11.3 Å². The maximum absolute atomic E-state index is 11.0. The average Bonchev–Trinajstić information content (AvgIpc) is 3.02. The Morgan fingerprint density at radius 1 is 1.15 bits per heavy atom. The normalized spacial score (nSPS) is 11.4. The number of ether oxygens (including phenoxy) is 1. The Hall–Kier alpha value is -2.92. The lowest BCUT2D eigenvalue weighted by atomic mass is 10.1. The zero-order chi connectivity index (χ0) is 18.5. The molecule has 0 aliphatic rings. The minimum absolute atomic E-state index is 0.0800. The topological polar surface area (TPSA) is 59.4 Å². The first-order chi connectivity index (χ1) is 12.6. The Kier molecular flexibility index (Phi) is 5.49. The summed E-state index contributed by atoms with van der Waals surface area (Å²) in [5.41, 5.74) is 4.13. The summed E-state index contributed by atoms with van der Waals surface area (Å²) in [4.78, 5) is 16.9. The summed E-state index contributed by atoms with van der Waals surface area (Å²) in [6.45, 7) is 2.03. The third-order valence-electron chi connectivity index (χ3n) is 3.99. The van der Waals surface area contributed by atoms with E-state index in [2.05, 4.69) is 12.1 Å². The van der Waals surface area contributed by atoms with Gasteiger partial charge >= 0.3 is 5.97 Å². The van der Waals surface area contributed by atoms with E-state index in [1.807, 2.05) is 49.4 Å². The largest absolute Gasteiger partial charge is 0.490 e. The van der Waals surface area contributed by atoms with Gasteiger partial charge in [0.15, 0.2) is 0 Å². The monoisotopic (exact) mass is 365 g/mol. The van der Waals surface area contributed by atoms with Gasteiger partial charge in [0.1, 0.15) is 5.01 Å². The van der Waals surface area contributed by atoms with Gasteiger partial charge in [-0.1, -0.05) is 54.6 Å². The predicted molar refractivity (Wildman–Crippen MR) is 104 cm³/mol. The summed E-state index contributed by atoms with van der Waals surface area (Å²) in [5.74, 6) is -1.16. The molecule has 0 fully saturated rings. The highest BCUT2D eigenvalue weighted by Crippen LogP contribution is 2.29. The number of thiazole rings is 1. The van der Waals surface area contributed by atoms with Crippen molar-refractivity contribution in [2.24, 2.45) is 0 Å². The molecule has 0 radical (unpaired) electrons. The predicted octanol–water partition coefficient (Wildman–Crippen LogP) is 4.78. The van der Waals surface area contributed by atoms with Crippen LogP contribution in [0.25, 0.3) is 16.6 Å². The fraction of sp³-hybridized carbons (Fsp3) is 0.143. The van der Waals surface area contributed by atoms with Crippen molar-refractivity contribution in [3.8, 4) is 10.6 Å². The highest BCUT2D eigenvalue weighted by atomic mass is 32.1. The van der Waals surface area contributed by atoms with Gasteiger partial charge in [-0.25, -0.2) is 9.78 Å². The van der Waals surface area contributed by atoms with E-state index in [-0.39, 0.29) is 5.76 Å². The van der Waals surface area contributed by atoms with Crippen molar-refractivity contribution in [3.05, 3.63) is 82.1 Å². The van der Waals surface area contributed by atoms with E-state index < -0.39 is 5.97 Å². The lowest BCUT2D eigenvalue weighted by Crippen LogP contribution is -2.01. The van der Waals surface area contributed by atoms with E-state index in [0.29, 0.717) is 0 Å². The second kappa shape index (κ2) is 7.97. The fourth-order valence-corrected chi connectivity index (χ4v) is 3.67. The van der Waals surface area contributed by atoms with Crippen LogP contribution in [-0.2, 0) is 16.0 Å². The molecule has 0 saturated carbocycles. The van der Waals surface area contributed by atoms with Crippen LogP contribution < -0.4 is 0 Å². The standard InChI is InChI=1S/C21H19NO3S/c1-14-19(26-20(22-14)17-6-4-3-5-7-17)13-16-10-8-15(9-11-16)12-18(25-2)21(23)24/h3-12H,13H2,1-2H3,(H,23,24). The van der Waals surface area contributed by atoms with Crippen LogP contribution in [0.4, 0.5) is 0 Å². The fourth-order valence-electron chi connectivity index (χ4n) is 2.57. The van der Waals surface area contributed by atoms with Crippen molar-refractivity contribution < 1.29 is 14.6 Å². The van der Waals surface area contributed by atoms with Crippen molar-refractivity contribution in [2.75, 3.05) is 7.11 Å². The van der Waals surface area contributed by atoms with Crippen LogP contribution in [0.3, 0.4) is 0 Å². The molecule has 1 aromatic heterocycles. The van der Waals surface area contributed by atoms with Crippen LogP contribution >= 0.6 is 11.3 Å². The molecular formula is C21H19NO3S. The summed E-state index contributed by atoms with van der Waals surface area (Å²) in [7, 11) is 1.35. The molecule has 0 aliphatic heterocycles. The molecule has 26 heavy (non-hydrogen) atoms. The molecule has 0 aliphatic carbocycles. The van der Waals surface area contributed by atoms with Crippen molar-refractivity contribution in [1.82, 2.24) is 4.98 Å². The van der Waals surface area contributed by atoms with Gasteiger partial charge in [0.25, 0.3) is 0 Å². The molecule has 0 spiro atoms. The van der Waals surface area contributed by atoms with Gasteiger partial charge in [0.2, 0.25) is 5.76 Å². The number of hydrogen-bond acceptors (Lipinski definition) is 4. The summed E-state index contributed by atoms with van der Waals surface area (Å²) in [6, 6.07) is 18.0. The first kappa shape index (κ1) is 17.9. The third kappa shape index (κ3) is 4.18. The maximum Gasteiger partial charge on any atom is 0.371 e. The van der Waals surface area contributed by atoms with Crippen molar-refractivity contribution in [1.29, 1.82) is 0 Å². The summed E-state index contributed by atoms with van der Waals surface area (Å²) in [6.07, 6.45) is 2.31. The van der Waals surface area contributed by atoms with Crippen LogP contribution in [0.2, 0.25) is 0 Å². The molecule has 5 heteroatoms. The maximum atomic E-state index is 11.0. The molecule has 0 atom stereocenters. The van der Waals surface area contributed by atoms with Crippen molar-refractivity contribution >= 4 is 23.4 Å². The Balaban J connectivity index is 1.78. The van der Waals surface area contributed by atoms with Crippen LogP contribution in [0, 0.1) is 6.92 Å². The zero-order valence-electron chi connectivity index (χ0n) is 14.6. The molecule has 0 unspecified atom stereocenters. The lowest BCUT2D eigenvalue weighted by Gasteiger charge is -2.03. The average molecular weight is 365 g/mol. The number of aliphatic carboxylic acids is 1. The second-order valence-corrected chi connectivity index (χ2v) is 6.91. The van der Waals surface area contributed by atoms with Gasteiger partial charge in [0.05, 0.1) is 12.8 Å². The van der Waals surface area contributed by atoms with Crippen LogP contribution in [0.1, 0.15) is 21.7 Å². The number of nitrogens with zero attached hydrogens (tertiary/aromatic N) is 1. The van der Waals surface area contributed by atoms with Crippen LogP contribution in [-0.4, -0.2) is 23.2 Å². The Morgan fingerprint density at radius 2 is 1.85 bits per heavy atom. The number of rotatable bonds is 6. The van der Waals surface area contributed by atoms with Crippen molar-refractivity contribution in [2.45, 2.75) is 13.3 Å². The smallest absolute Gasteiger partial charge is 0.371 e. The Bertz CT molecular complexity index is 928. The highest BCUT2D eigenvalue weighted by Gasteiger charge is 2.10. The molecule has 4 nitrogen and oxygen atoms in total. The van der Waals surface area contributed by atoms with Gasteiger partial charge in [-0.15, -0.1) is 11.3 Å². The number of methoxy groups -OCH3 is 1. The number of carboxylic acid groups (broad SMARTS) is 1. The SMILES string of the molecule is COC(=Cc1ccc(Cc2sc(-c3ccccc3)nc2C)cc1)C(=O)O. The zero-order valence-corrected chi connectivity index (χ0v) is 15.4. The summed E-state index contributed by atoms with van der Waals surface area (Å²) in [5, 5.41) is 10.0. The molecular weight excluding hydrogens is 346 g/mol. The van der Waals surface area contributed by atoms with E-state index in [9.17, 15) is 4.79 Å². The Labute approximate surface area is 156 Å². The first-order valence-electron chi connectivity index (χ1n) is 8.16. The quantitative estimate of drug-likeness (QED) is 0.504. The molecule has 3 aromatic rings. The number of hydrogen-bond donors (Lipinski definition) is 1. The van der Waals surface area contributed by atoms with Gasteiger partial charge in [-0.2, -0.15) is 0 Å². The molecule has 0 saturated heterocycles. The molecule has 1 N–H and O–H groups in total. The lowest BCUT2D eigenvalue weighted by molar-refractivity contribution is -0.135. The molecule has 0 bridgehead atoms. The minimum atomic E-state index is -1.08. The third-order valence-corrected chi connectivity index (χ3v) is 5.19. The molecule has 1 heterocycles. The van der Waals surface area contributed by atoms with Crippen molar-refractivity contribution in [3.63, 3.8) is 0 Å². The van der Waals surface area contributed by atoms with Crippen LogP contribution in [0.5, 0.6) is 0 Å². The van der Waals surface area contributed by atoms with Gasteiger partial charge in [0, 0.05) is 16.9 Å². The molecule has 2 aromatic carbocycles. The van der Waals surface area contributed by atoms with E-state index in [4.69, 9.17) is 14.8 Å². The Morgan fingerprint density at radius 3 is 2.46 bits per heavy atom. The molecule has 132 valence electrons. The van der Waals surface area contributed by atoms with E-state index >= 15 is 0 Å². The number of benzene rings is 2. The second-order valence-electron chi connectivity index (χ2n) is 5.83.